The van der Waals surface area contributed by atoms with Crippen LogP contribution in [0.3, 0.4) is 0 Å². The molecule has 2 saturated heterocycles. The molecule has 8 nitrogen and oxygen atoms in total. The summed E-state index contributed by atoms with van der Waals surface area (Å²) >= 11 is 0. The normalized spacial score (nSPS) is 18.4. The molecule has 1 atom stereocenters. The van der Waals surface area contributed by atoms with Crippen molar-refractivity contribution in [3.05, 3.63) is 81.8 Å². The Hall–Kier alpha value is -3.59. The summed E-state index contributed by atoms with van der Waals surface area (Å²) in [4.78, 5) is 28.4. The molecule has 0 spiro atoms. The van der Waals surface area contributed by atoms with Crippen LogP contribution >= 0.6 is 0 Å². The van der Waals surface area contributed by atoms with Crippen LogP contribution in [0.1, 0.15) is 54.2 Å². The number of piperidine rings is 2. The lowest BCUT2D eigenvalue weighted by Gasteiger charge is -2.31. The number of fused-ring (bicyclic) bond motifs is 1. The Morgan fingerprint density at radius 2 is 1.79 bits per heavy atom. The lowest BCUT2D eigenvalue weighted by Crippen LogP contribution is -2.31. The van der Waals surface area contributed by atoms with E-state index < -0.39 is 0 Å². The van der Waals surface area contributed by atoms with Gasteiger partial charge in [-0.2, -0.15) is 4.98 Å². The molecule has 226 valence electrons. The van der Waals surface area contributed by atoms with Gasteiger partial charge in [-0.15, -0.1) is 0 Å². The van der Waals surface area contributed by atoms with Gasteiger partial charge < -0.3 is 20.4 Å². The van der Waals surface area contributed by atoms with Gasteiger partial charge in [0.2, 0.25) is 5.95 Å². The number of benzene rings is 2. The van der Waals surface area contributed by atoms with E-state index in [9.17, 15) is 4.79 Å². The summed E-state index contributed by atoms with van der Waals surface area (Å²) in [5, 5.41) is 7.69. The molecule has 0 radical (unpaired) electrons. The molecule has 0 bridgehead atoms. The van der Waals surface area contributed by atoms with Crippen LogP contribution in [-0.2, 0) is 6.54 Å². The first-order valence-electron chi connectivity index (χ1n) is 15.8. The van der Waals surface area contributed by atoms with E-state index in [4.69, 9.17) is 4.98 Å². The molecule has 2 aliphatic rings. The van der Waals surface area contributed by atoms with Crippen LogP contribution in [0.2, 0.25) is 0 Å². The zero-order valence-corrected chi connectivity index (χ0v) is 26.1. The minimum absolute atomic E-state index is 0.000378. The molecule has 2 N–H and O–H groups in total. The third-order valence-corrected chi connectivity index (χ3v) is 9.14. The van der Waals surface area contributed by atoms with Crippen LogP contribution in [0.5, 0.6) is 0 Å². The average molecular weight is 580 g/mol. The van der Waals surface area contributed by atoms with Crippen LogP contribution < -0.4 is 16.2 Å². The van der Waals surface area contributed by atoms with E-state index >= 15 is 0 Å². The van der Waals surface area contributed by atoms with E-state index in [0.717, 1.165) is 61.3 Å². The number of hydrogen-bond acceptors (Lipinski definition) is 7. The molecule has 2 aliphatic heterocycles. The molecular formula is C35H45N7O. The molecule has 6 rings (SSSR count). The van der Waals surface area contributed by atoms with E-state index in [1.165, 1.54) is 36.0 Å². The van der Waals surface area contributed by atoms with Gasteiger partial charge in [0, 0.05) is 42.5 Å². The molecular weight excluding hydrogens is 534 g/mol. The van der Waals surface area contributed by atoms with Gasteiger partial charge in [0.1, 0.15) is 5.65 Å². The Labute approximate surface area is 255 Å². The van der Waals surface area contributed by atoms with Crippen LogP contribution in [0.15, 0.2) is 59.5 Å². The van der Waals surface area contributed by atoms with Gasteiger partial charge in [-0.25, -0.2) is 4.98 Å². The minimum Gasteiger partial charge on any atom is -0.324 e. The zero-order chi connectivity index (χ0) is 29.9. The number of aromatic nitrogens is 3. The van der Waals surface area contributed by atoms with Crippen LogP contribution in [0.25, 0.3) is 22.2 Å². The maximum absolute atomic E-state index is 14.3. The van der Waals surface area contributed by atoms with Crippen molar-refractivity contribution in [2.24, 2.45) is 0 Å². The number of likely N-dealkylation sites (tertiary alicyclic amines) is 1. The number of nitrogens with one attached hydrogen (secondary N) is 2. The predicted octanol–water partition coefficient (Wildman–Crippen LogP) is 5.35. The third kappa shape index (κ3) is 6.66. The van der Waals surface area contributed by atoms with Gasteiger partial charge >= 0.3 is 0 Å². The second kappa shape index (κ2) is 13.0. The second-order valence-corrected chi connectivity index (χ2v) is 12.8. The van der Waals surface area contributed by atoms with Crippen molar-refractivity contribution in [1.82, 2.24) is 29.7 Å². The first kappa shape index (κ1) is 29.5. The minimum atomic E-state index is -0.000378. The van der Waals surface area contributed by atoms with Crippen molar-refractivity contribution in [3.8, 4) is 11.1 Å². The van der Waals surface area contributed by atoms with Gasteiger partial charge in [-0.1, -0.05) is 35.9 Å². The van der Waals surface area contributed by atoms with E-state index in [2.05, 4.69) is 81.9 Å². The van der Waals surface area contributed by atoms with E-state index in [-0.39, 0.29) is 5.56 Å². The van der Waals surface area contributed by atoms with Gasteiger partial charge in [0.15, 0.2) is 0 Å². The van der Waals surface area contributed by atoms with Crippen molar-refractivity contribution in [1.29, 1.82) is 0 Å². The second-order valence-electron chi connectivity index (χ2n) is 12.8. The number of aryl methyl sites for hydroxylation is 1. The first-order chi connectivity index (χ1) is 20.9. The Kier molecular flexibility index (Phi) is 8.88. The largest absolute Gasteiger partial charge is 0.324 e. The number of hydrogen-bond donors (Lipinski definition) is 2. The van der Waals surface area contributed by atoms with E-state index in [0.29, 0.717) is 30.0 Å². The molecule has 0 saturated carbocycles. The van der Waals surface area contributed by atoms with Gasteiger partial charge in [-0.05, 0) is 120 Å². The molecule has 43 heavy (non-hydrogen) atoms. The number of rotatable bonds is 8. The fraction of sp³-hybridized carbons (Fsp3) is 0.457. The summed E-state index contributed by atoms with van der Waals surface area (Å²) < 4.78 is 1.84. The maximum atomic E-state index is 14.3. The highest BCUT2D eigenvalue weighted by Gasteiger charge is 2.24. The number of anilines is 2. The molecule has 2 aromatic heterocycles. The standard InChI is InChI=1S/C35H45N7O/c1-24-7-12-30(31(20-24)27-6-5-17-41(4)23-27)32-21-28-22-37-35(39-33(28)42(34(32)43)19-18-40(2)3)38-29-10-8-25(9-11-29)26-13-15-36-16-14-26/h7-12,20-22,26-27,36H,5-6,13-19,23H2,1-4H3,(H,37,38,39). The quantitative estimate of drug-likeness (QED) is 0.292. The number of nitrogens with zero attached hydrogens (tertiary/aromatic N) is 5. The Morgan fingerprint density at radius 3 is 2.53 bits per heavy atom. The van der Waals surface area contributed by atoms with Crippen LogP contribution in [0.4, 0.5) is 11.6 Å². The van der Waals surface area contributed by atoms with Gasteiger partial charge in [0.25, 0.3) is 5.56 Å². The third-order valence-electron chi connectivity index (χ3n) is 9.14. The average Bonchev–Trinajstić information content (AvgIpc) is 3.01. The summed E-state index contributed by atoms with van der Waals surface area (Å²) in [6.45, 7) is 7.71. The smallest absolute Gasteiger partial charge is 0.260 e. The lowest BCUT2D eigenvalue weighted by molar-refractivity contribution is 0.251. The zero-order valence-electron chi connectivity index (χ0n) is 26.1. The summed E-state index contributed by atoms with van der Waals surface area (Å²) in [6, 6.07) is 17.2. The van der Waals surface area contributed by atoms with Crippen molar-refractivity contribution < 1.29 is 0 Å². The van der Waals surface area contributed by atoms with Crippen molar-refractivity contribution in [3.63, 3.8) is 0 Å². The fourth-order valence-electron chi connectivity index (χ4n) is 6.73. The summed E-state index contributed by atoms with van der Waals surface area (Å²) in [7, 11) is 6.26. The number of pyridine rings is 1. The Balaban J connectivity index is 1.37. The Bertz CT molecular complexity index is 1620. The first-order valence-corrected chi connectivity index (χ1v) is 15.8. The highest BCUT2D eigenvalue weighted by atomic mass is 16.1. The van der Waals surface area contributed by atoms with E-state index in [1.807, 2.05) is 30.9 Å². The molecule has 4 aromatic rings. The van der Waals surface area contributed by atoms with Crippen molar-refractivity contribution >= 4 is 22.7 Å². The Morgan fingerprint density at radius 1 is 1.00 bits per heavy atom. The maximum Gasteiger partial charge on any atom is 0.260 e. The summed E-state index contributed by atoms with van der Waals surface area (Å²) in [5.74, 6) is 1.51. The van der Waals surface area contributed by atoms with Crippen LogP contribution in [-0.4, -0.2) is 78.2 Å². The predicted molar refractivity (Wildman–Crippen MR) is 177 cm³/mol. The topological polar surface area (TPSA) is 78.3 Å². The van der Waals surface area contributed by atoms with Crippen molar-refractivity contribution in [2.45, 2.75) is 51.0 Å². The van der Waals surface area contributed by atoms with Crippen LogP contribution in [0, 0.1) is 6.92 Å². The molecule has 4 heterocycles. The highest BCUT2D eigenvalue weighted by molar-refractivity contribution is 5.83. The molecule has 2 aromatic carbocycles. The molecule has 8 heteroatoms. The highest BCUT2D eigenvalue weighted by Crippen LogP contribution is 2.35. The molecule has 2 fully saturated rings. The fourth-order valence-corrected chi connectivity index (χ4v) is 6.73. The molecule has 0 aliphatic carbocycles. The summed E-state index contributed by atoms with van der Waals surface area (Å²) in [5.41, 5.74) is 7.24. The number of likely N-dealkylation sites (N-methyl/N-ethyl adjacent to an activating group) is 2. The molecule has 1 unspecified atom stereocenters. The van der Waals surface area contributed by atoms with Crippen molar-refractivity contribution in [2.75, 3.05) is 59.2 Å². The monoisotopic (exact) mass is 579 g/mol. The van der Waals surface area contributed by atoms with E-state index in [1.54, 1.807) is 0 Å². The molecule has 0 amide bonds. The van der Waals surface area contributed by atoms with Gasteiger partial charge in [0.05, 0.1) is 0 Å². The summed E-state index contributed by atoms with van der Waals surface area (Å²) in [6.07, 6.45) is 6.51. The van der Waals surface area contributed by atoms with Gasteiger partial charge in [-0.3, -0.25) is 9.36 Å². The SMILES string of the molecule is Cc1ccc(-c2cc3cnc(Nc4ccc(C5CCNCC5)cc4)nc3n(CCN(C)C)c2=O)c(C2CCCN(C)C2)c1. The lowest BCUT2D eigenvalue weighted by atomic mass is 9.85.